The van der Waals surface area contributed by atoms with Crippen molar-refractivity contribution in [3.63, 3.8) is 0 Å². The predicted molar refractivity (Wildman–Crippen MR) is 86.0 cm³/mol. The van der Waals surface area contributed by atoms with Gasteiger partial charge in [-0.15, -0.1) is 0 Å². The summed E-state index contributed by atoms with van der Waals surface area (Å²) in [5, 5.41) is 7.27. The average Bonchev–Trinajstić information content (AvgIpc) is 3.11. The van der Waals surface area contributed by atoms with Crippen molar-refractivity contribution in [3.8, 4) is 22.4 Å². The normalized spacial score (nSPS) is 11.2. The zero-order valence-corrected chi connectivity index (χ0v) is 12.7. The topological polar surface area (TPSA) is 80.9 Å². The van der Waals surface area contributed by atoms with E-state index in [0.717, 1.165) is 22.4 Å². The fourth-order valence-electron chi connectivity index (χ4n) is 2.71. The van der Waals surface area contributed by atoms with E-state index >= 15 is 0 Å². The zero-order chi connectivity index (χ0) is 16.0. The summed E-state index contributed by atoms with van der Waals surface area (Å²) in [4.78, 5) is 21.2. The van der Waals surface area contributed by atoms with Crippen molar-refractivity contribution in [2.45, 2.75) is 6.92 Å². The maximum atomic E-state index is 12.4. The Hall–Kier alpha value is -3.22. The van der Waals surface area contributed by atoms with Gasteiger partial charge in [-0.05, 0) is 19.1 Å². The minimum Gasteiger partial charge on any atom is -0.293 e. The summed E-state index contributed by atoms with van der Waals surface area (Å²) < 4.78 is 3.18. The molecular weight excluding hydrogens is 292 g/mol. The Balaban J connectivity index is 2.03. The molecule has 0 saturated heterocycles. The van der Waals surface area contributed by atoms with Gasteiger partial charge in [0.2, 0.25) is 0 Å². The lowest BCUT2D eigenvalue weighted by atomic mass is 10.1. The third kappa shape index (κ3) is 2.13. The molecule has 0 saturated carbocycles. The van der Waals surface area contributed by atoms with Gasteiger partial charge in [-0.3, -0.25) is 19.6 Å². The highest BCUT2D eigenvalue weighted by atomic mass is 16.1. The Morgan fingerprint density at radius 1 is 1.22 bits per heavy atom. The minimum atomic E-state index is -0.160. The fourth-order valence-corrected chi connectivity index (χ4v) is 2.71. The number of fused-ring (bicyclic) bond motifs is 1. The van der Waals surface area contributed by atoms with Gasteiger partial charge in [0, 0.05) is 48.5 Å². The van der Waals surface area contributed by atoms with Crippen LogP contribution >= 0.6 is 0 Å². The number of aromatic amines is 1. The van der Waals surface area contributed by atoms with Crippen molar-refractivity contribution in [1.82, 2.24) is 29.4 Å². The maximum absolute atomic E-state index is 12.4. The number of nitrogens with one attached hydrogen (secondary N) is 1. The summed E-state index contributed by atoms with van der Waals surface area (Å²) in [7, 11) is 1.86. The maximum Gasteiger partial charge on any atom is 0.273 e. The van der Waals surface area contributed by atoms with Gasteiger partial charge in [0.05, 0.1) is 17.5 Å². The number of rotatable bonds is 2. The van der Waals surface area contributed by atoms with Gasteiger partial charge in [-0.1, -0.05) is 0 Å². The van der Waals surface area contributed by atoms with E-state index in [2.05, 4.69) is 20.2 Å². The molecule has 0 aliphatic rings. The molecule has 4 aromatic heterocycles. The second-order valence-corrected chi connectivity index (χ2v) is 5.39. The molecule has 4 aromatic rings. The molecule has 0 unspecified atom stereocenters. The number of nitrogens with zero attached hydrogens (tertiary/aromatic N) is 5. The highest BCUT2D eigenvalue weighted by Gasteiger charge is 2.16. The van der Waals surface area contributed by atoms with E-state index in [0.29, 0.717) is 11.3 Å². The van der Waals surface area contributed by atoms with Crippen molar-refractivity contribution in [2.24, 2.45) is 7.05 Å². The SMILES string of the molecule is Cc1[nH]n2c(=O)cc(-c3cccnc3)nc2c1-c1cnn(C)c1. The number of aromatic nitrogens is 6. The first-order valence-electron chi connectivity index (χ1n) is 7.15. The van der Waals surface area contributed by atoms with Gasteiger partial charge >= 0.3 is 0 Å². The van der Waals surface area contributed by atoms with Crippen molar-refractivity contribution >= 4 is 5.65 Å². The standard InChI is InChI=1S/C16H14N6O/c1-10-15(12-8-18-21(2)9-12)16-19-13(6-14(23)22(16)20-10)11-4-3-5-17-7-11/h3-9,20H,1-2H3. The van der Waals surface area contributed by atoms with E-state index in [-0.39, 0.29) is 5.56 Å². The Kier molecular flexibility index (Phi) is 2.87. The number of hydrogen-bond donors (Lipinski definition) is 1. The third-order valence-corrected chi connectivity index (χ3v) is 3.75. The summed E-state index contributed by atoms with van der Waals surface area (Å²) in [5.74, 6) is 0. The van der Waals surface area contributed by atoms with Crippen LogP contribution in [0.2, 0.25) is 0 Å². The molecule has 7 nitrogen and oxygen atoms in total. The molecule has 0 aliphatic carbocycles. The number of H-pyrrole nitrogens is 1. The first-order chi connectivity index (χ1) is 11.1. The van der Waals surface area contributed by atoms with Crippen molar-refractivity contribution in [1.29, 1.82) is 0 Å². The van der Waals surface area contributed by atoms with Crippen LogP contribution in [0.25, 0.3) is 28.0 Å². The first kappa shape index (κ1) is 13.4. The minimum absolute atomic E-state index is 0.160. The monoisotopic (exact) mass is 306 g/mol. The molecule has 0 aromatic carbocycles. The van der Waals surface area contributed by atoms with Crippen LogP contribution in [0.3, 0.4) is 0 Å². The quantitative estimate of drug-likeness (QED) is 0.612. The molecule has 1 N–H and O–H groups in total. The summed E-state index contributed by atoms with van der Waals surface area (Å²) in [6, 6.07) is 5.21. The zero-order valence-electron chi connectivity index (χ0n) is 12.7. The van der Waals surface area contributed by atoms with Crippen LogP contribution in [0.15, 0.2) is 47.8 Å². The molecule has 0 fully saturated rings. The summed E-state index contributed by atoms with van der Waals surface area (Å²) in [6.45, 7) is 1.92. The first-order valence-corrected chi connectivity index (χ1v) is 7.15. The highest BCUT2D eigenvalue weighted by Crippen LogP contribution is 2.27. The van der Waals surface area contributed by atoms with Crippen LogP contribution in [0, 0.1) is 6.92 Å². The van der Waals surface area contributed by atoms with Crippen LogP contribution in [0.1, 0.15) is 5.69 Å². The van der Waals surface area contributed by atoms with E-state index in [9.17, 15) is 4.79 Å². The smallest absolute Gasteiger partial charge is 0.273 e. The van der Waals surface area contributed by atoms with Gasteiger partial charge in [0.15, 0.2) is 5.65 Å². The van der Waals surface area contributed by atoms with E-state index in [1.54, 1.807) is 23.3 Å². The lowest BCUT2D eigenvalue weighted by Gasteiger charge is -2.01. The molecule has 0 radical (unpaired) electrons. The van der Waals surface area contributed by atoms with Crippen molar-refractivity contribution < 1.29 is 0 Å². The van der Waals surface area contributed by atoms with Gasteiger partial charge in [0.25, 0.3) is 5.56 Å². The van der Waals surface area contributed by atoms with Gasteiger partial charge in [-0.2, -0.15) is 5.10 Å². The summed E-state index contributed by atoms with van der Waals surface area (Å²) >= 11 is 0. The van der Waals surface area contributed by atoms with Gasteiger partial charge in [0.1, 0.15) is 0 Å². The van der Waals surface area contributed by atoms with Crippen LogP contribution < -0.4 is 5.56 Å². The molecule has 4 heterocycles. The molecule has 23 heavy (non-hydrogen) atoms. The second kappa shape index (κ2) is 4.91. The molecule has 0 bridgehead atoms. The fraction of sp³-hybridized carbons (Fsp3) is 0.125. The number of pyridine rings is 1. The van der Waals surface area contributed by atoms with E-state index in [4.69, 9.17) is 0 Å². The van der Waals surface area contributed by atoms with Crippen molar-refractivity contribution in [3.05, 3.63) is 59.0 Å². The molecule has 114 valence electrons. The lowest BCUT2D eigenvalue weighted by Crippen LogP contribution is -2.14. The molecular formula is C16H14N6O. The van der Waals surface area contributed by atoms with Crippen LogP contribution in [-0.2, 0) is 7.05 Å². The molecule has 0 atom stereocenters. The molecule has 0 amide bonds. The van der Waals surface area contributed by atoms with Gasteiger partial charge in [-0.25, -0.2) is 9.50 Å². The highest BCUT2D eigenvalue weighted by molar-refractivity contribution is 5.80. The van der Waals surface area contributed by atoms with Crippen molar-refractivity contribution in [2.75, 3.05) is 0 Å². The van der Waals surface area contributed by atoms with Crippen LogP contribution in [0.4, 0.5) is 0 Å². The molecule has 4 rings (SSSR count). The molecule has 7 heteroatoms. The van der Waals surface area contributed by atoms with Crippen LogP contribution in [-0.4, -0.2) is 29.4 Å². The predicted octanol–water partition coefficient (Wildman–Crippen LogP) is 1.79. The van der Waals surface area contributed by atoms with E-state index in [1.807, 2.05) is 32.3 Å². The molecule has 0 spiro atoms. The Bertz CT molecular complexity index is 1060. The molecule has 0 aliphatic heterocycles. The summed E-state index contributed by atoms with van der Waals surface area (Å²) in [6.07, 6.45) is 7.05. The Morgan fingerprint density at radius 3 is 2.78 bits per heavy atom. The Morgan fingerprint density at radius 2 is 2.09 bits per heavy atom. The third-order valence-electron chi connectivity index (χ3n) is 3.75. The number of aryl methyl sites for hydroxylation is 2. The van der Waals surface area contributed by atoms with E-state index < -0.39 is 0 Å². The number of hydrogen-bond acceptors (Lipinski definition) is 4. The Labute approximate surface area is 131 Å². The largest absolute Gasteiger partial charge is 0.293 e. The van der Waals surface area contributed by atoms with E-state index in [1.165, 1.54) is 10.6 Å². The average molecular weight is 306 g/mol. The summed E-state index contributed by atoms with van der Waals surface area (Å²) in [5.41, 5.74) is 4.50. The lowest BCUT2D eigenvalue weighted by molar-refractivity contribution is 0.768. The van der Waals surface area contributed by atoms with Crippen LogP contribution in [0.5, 0.6) is 0 Å². The second-order valence-electron chi connectivity index (χ2n) is 5.39. The van der Waals surface area contributed by atoms with Gasteiger partial charge < -0.3 is 0 Å².